The SMILES string of the molecule is O=C1C2=[N+]([O-])[C@H]3CCCCC[C@@H]3[N+](O)=C2c2ccccc21. The van der Waals surface area contributed by atoms with E-state index in [4.69, 9.17) is 0 Å². The molecule has 5 nitrogen and oxygen atoms in total. The van der Waals surface area contributed by atoms with Gasteiger partial charge in [0.05, 0.1) is 5.56 Å². The van der Waals surface area contributed by atoms with Crippen LogP contribution in [0.5, 0.6) is 0 Å². The molecule has 0 bridgehead atoms. The van der Waals surface area contributed by atoms with Crippen LogP contribution in [0.2, 0.25) is 0 Å². The number of rotatable bonds is 0. The van der Waals surface area contributed by atoms with Gasteiger partial charge in [-0.3, -0.25) is 10.0 Å². The Hall–Kier alpha value is -2.17. The van der Waals surface area contributed by atoms with Crippen LogP contribution in [0.1, 0.15) is 48.0 Å². The van der Waals surface area contributed by atoms with Gasteiger partial charge < -0.3 is 5.21 Å². The summed E-state index contributed by atoms with van der Waals surface area (Å²) in [6.45, 7) is 0. The molecule has 1 aliphatic heterocycles. The smallest absolute Gasteiger partial charge is 0.336 e. The van der Waals surface area contributed by atoms with Crippen LogP contribution in [0.25, 0.3) is 0 Å². The first-order chi connectivity index (χ1) is 10.2. The molecule has 1 aromatic carbocycles. The second-order valence-electron chi connectivity index (χ2n) is 6.01. The largest absolute Gasteiger partial charge is 0.623 e. The van der Waals surface area contributed by atoms with E-state index >= 15 is 0 Å². The minimum Gasteiger partial charge on any atom is -0.623 e. The third-order valence-corrected chi connectivity index (χ3v) is 4.87. The number of hydrogen-bond acceptors (Lipinski definition) is 3. The van der Waals surface area contributed by atoms with Crippen molar-refractivity contribution in [3.8, 4) is 0 Å². The zero-order valence-corrected chi connectivity index (χ0v) is 11.7. The standard InChI is InChI=1S/C16H17N2O3/c19-16-11-7-5-4-6-10(11)14-15(16)18(21)13-9-3-1-2-8-12(13)17(14)20/h4-7,12-13,20H,1-3,8-9H2/q+1/t12-,13-/m0/s1. The number of fused-ring (bicyclic) bond motifs is 4. The summed E-state index contributed by atoms with van der Waals surface area (Å²) in [5, 5.41) is 23.4. The lowest BCUT2D eigenvalue weighted by molar-refractivity contribution is -0.820. The fourth-order valence-corrected chi connectivity index (χ4v) is 3.85. The van der Waals surface area contributed by atoms with Gasteiger partial charge in [0, 0.05) is 18.4 Å². The van der Waals surface area contributed by atoms with Crippen molar-refractivity contribution in [1.82, 2.24) is 0 Å². The molecule has 108 valence electrons. The fourth-order valence-electron chi connectivity index (χ4n) is 3.85. The number of benzene rings is 1. The second-order valence-corrected chi connectivity index (χ2v) is 6.01. The van der Waals surface area contributed by atoms with Crippen LogP contribution in [0, 0.1) is 5.21 Å². The van der Waals surface area contributed by atoms with E-state index in [1.54, 1.807) is 18.2 Å². The summed E-state index contributed by atoms with van der Waals surface area (Å²) in [6, 6.07) is 6.57. The predicted molar refractivity (Wildman–Crippen MR) is 76.2 cm³/mol. The van der Waals surface area contributed by atoms with Gasteiger partial charge in [-0.15, -0.1) is 0 Å². The van der Waals surface area contributed by atoms with E-state index < -0.39 is 0 Å². The summed E-state index contributed by atoms with van der Waals surface area (Å²) in [5.41, 5.74) is 1.69. The molecule has 1 heterocycles. The minimum absolute atomic E-state index is 0.113. The van der Waals surface area contributed by atoms with Gasteiger partial charge in [-0.2, -0.15) is 4.74 Å². The van der Waals surface area contributed by atoms with Crippen LogP contribution in [0.4, 0.5) is 0 Å². The molecule has 0 amide bonds. The summed E-state index contributed by atoms with van der Waals surface area (Å²) in [5.74, 6) is -0.266. The molecule has 3 aliphatic rings. The van der Waals surface area contributed by atoms with Gasteiger partial charge in [-0.1, -0.05) is 18.6 Å². The first kappa shape index (κ1) is 12.6. The topological polar surface area (TPSA) is 66.4 Å². The molecular weight excluding hydrogens is 268 g/mol. The van der Waals surface area contributed by atoms with Crippen LogP contribution in [0.3, 0.4) is 0 Å². The molecule has 1 aromatic rings. The number of ketones is 1. The van der Waals surface area contributed by atoms with Crippen molar-refractivity contribution < 1.29 is 19.5 Å². The van der Waals surface area contributed by atoms with Gasteiger partial charge >= 0.3 is 11.4 Å². The Morgan fingerprint density at radius 3 is 2.43 bits per heavy atom. The molecule has 5 heteroatoms. The summed E-state index contributed by atoms with van der Waals surface area (Å²) in [4.78, 5) is 12.5. The Balaban J connectivity index is 1.97. The average Bonchev–Trinajstić information content (AvgIpc) is 2.67. The van der Waals surface area contributed by atoms with E-state index in [0.29, 0.717) is 16.8 Å². The first-order valence-electron chi connectivity index (χ1n) is 7.53. The van der Waals surface area contributed by atoms with Gasteiger partial charge in [0.2, 0.25) is 6.04 Å². The third kappa shape index (κ3) is 1.60. The highest BCUT2D eigenvalue weighted by atomic mass is 16.5. The van der Waals surface area contributed by atoms with Gasteiger partial charge in [-0.05, 0) is 29.7 Å². The molecule has 0 radical (unpaired) electrons. The Kier molecular flexibility index (Phi) is 2.64. The molecule has 4 rings (SSSR count). The summed E-state index contributed by atoms with van der Waals surface area (Å²) in [6.07, 6.45) is 4.56. The molecule has 1 saturated carbocycles. The molecule has 1 fully saturated rings. The van der Waals surface area contributed by atoms with Gasteiger partial charge in [0.1, 0.15) is 0 Å². The molecule has 21 heavy (non-hydrogen) atoms. The van der Waals surface area contributed by atoms with Crippen LogP contribution in [0.15, 0.2) is 24.3 Å². The molecule has 2 aliphatic carbocycles. The van der Waals surface area contributed by atoms with E-state index in [1.807, 2.05) is 6.07 Å². The minimum atomic E-state index is -0.325. The Bertz CT molecular complexity index is 705. The van der Waals surface area contributed by atoms with Gasteiger partial charge in [0.15, 0.2) is 0 Å². The zero-order chi connectivity index (χ0) is 14.6. The van der Waals surface area contributed by atoms with E-state index in [2.05, 4.69) is 0 Å². The zero-order valence-electron chi connectivity index (χ0n) is 11.7. The highest BCUT2D eigenvalue weighted by Gasteiger charge is 2.56. The number of nitrogens with zero attached hydrogens (tertiary/aromatic N) is 2. The van der Waals surface area contributed by atoms with E-state index in [9.17, 15) is 15.2 Å². The normalized spacial score (nSPS) is 28.1. The van der Waals surface area contributed by atoms with E-state index in [1.165, 1.54) is 4.74 Å². The van der Waals surface area contributed by atoms with Crippen molar-refractivity contribution in [2.75, 3.05) is 0 Å². The van der Waals surface area contributed by atoms with Crippen LogP contribution in [-0.4, -0.2) is 44.0 Å². The van der Waals surface area contributed by atoms with Crippen LogP contribution in [-0.2, 0) is 0 Å². The molecule has 1 N–H and O–H groups in total. The number of hydrogen-bond donors (Lipinski definition) is 1. The third-order valence-electron chi connectivity index (χ3n) is 4.87. The maximum Gasteiger partial charge on any atom is 0.336 e. The predicted octanol–water partition coefficient (Wildman–Crippen LogP) is 1.74. The first-order valence-corrected chi connectivity index (χ1v) is 7.53. The quantitative estimate of drug-likeness (QED) is 0.448. The maximum atomic E-state index is 12.7. The Labute approximate surface area is 122 Å². The summed E-state index contributed by atoms with van der Waals surface area (Å²) < 4.78 is 2.07. The molecular formula is C16H17N2O3+. The highest BCUT2D eigenvalue weighted by Crippen LogP contribution is 2.30. The van der Waals surface area contributed by atoms with E-state index in [0.717, 1.165) is 36.8 Å². The van der Waals surface area contributed by atoms with Gasteiger partial charge in [0.25, 0.3) is 11.8 Å². The van der Waals surface area contributed by atoms with Crippen molar-refractivity contribution in [2.45, 2.75) is 44.2 Å². The van der Waals surface area contributed by atoms with Crippen molar-refractivity contribution in [1.29, 1.82) is 0 Å². The lowest BCUT2D eigenvalue weighted by Gasteiger charge is -2.23. The number of carbonyl (C=O) groups excluding carboxylic acids is 1. The van der Waals surface area contributed by atoms with Crippen LogP contribution >= 0.6 is 0 Å². The molecule has 0 saturated heterocycles. The number of carbonyl (C=O) groups is 1. The summed E-state index contributed by atoms with van der Waals surface area (Å²) >= 11 is 0. The Morgan fingerprint density at radius 1 is 1.00 bits per heavy atom. The van der Waals surface area contributed by atoms with Crippen molar-refractivity contribution in [2.24, 2.45) is 0 Å². The Morgan fingerprint density at radius 2 is 1.67 bits per heavy atom. The van der Waals surface area contributed by atoms with Crippen molar-refractivity contribution in [3.05, 3.63) is 40.6 Å². The lowest BCUT2D eigenvalue weighted by Crippen LogP contribution is -2.52. The fraction of sp³-hybridized carbons (Fsp3) is 0.438. The highest BCUT2D eigenvalue weighted by molar-refractivity contribution is 6.75. The van der Waals surface area contributed by atoms with E-state index in [-0.39, 0.29) is 23.6 Å². The lowest BCUT2D eigenvalue weighted by atomic mass is 9.99. The second kappa shape index (κ2) is 4.41. The summed E-state index contributed by atoms with van der Waals surface area (Å²) in [7, 11) is 0. The monoisotopic (exact) mass is 285 g/mol. The van der Waals surface area contributed by atoms with Gasteiger partial charge in [-0.25, -0.2) is 0 Å². The average molecular weight is 285 g/mol. The number of Topliss-reactive ketones (excluding diaryl/α,β-unsaturated/α-hetero) is 1. The molecule has 0 unspecified atom stereocenters. The molecule has 0 spiro atoms. The molecule has 0 aromatic heterocycles. The van der Waals surface area contributed by atoms with Crippen molar-refractivity contribution in [3.63, 3.8) is 0 Å². The van der Waals surface area contributed by atoms with Crippen molar-refractivity contribution >= 4 is 17.2 Å². The molecule has 2 atom stereocenters. The number of hydroxylamine groups is 2. The van der Waals surface area contributed by atoms with Crippen LogP contribution < -0.4 is 0 Å². The maximum absolute atomic E-state index is 12.7.